The molecule has 2 amide bonds. The highest BCUT2D eigenvalue weighted by Gasteiger charge is 2.38. The topological polar surface area (TPSA) is 60.9 Å². The van der Waals surface area contributed by atoms with Crippen LogP contribution in [0.2, 0.25) is 0 Å². The Labute approximate surface area is 109 Å². The number of hydrogen-bond acceptors (Lipinski definition) is 2. The fraction of sp³-hybridized carbons (Fsp3) is 0.846. The number of carboxylic acid groups (broad SMARTS) is 1. The molecule has 0 spiro atoms. The summed E-state index contributed by atoms with van der Waals surface area (Å²) in [5, 5.41) is 9.14. The molecule has 1 aliphatic heterocycles. The Morgan fingerprint density at radius 1 is 1.39 bits per heavy atom. The molecular formula is C13H24N2O3. The third-order valence-electron chi connectivity index (χ3n) is 4.21. The molecule has 1 aliphatic rings. The second-order valence-electron chi connectivity index (χ2n) is 5.50. The van der Waals surface area contributed by atoms with Crippen LogP contribution in [-0.4, -0.2) is 53.1 Å². The molecule has 1 rings (SSSR count). The van der Waals surface area contributed by atoms with Gasteiger partial charge in [-0.2, -0.15) is 0 Å². The van der Waals surface area contributed by atoms with Crippen molar-refractivity contribution in [1.29, 1.82) is 0 Å². The zero-order chi connectivity index (χ0) is 13.9. The van der Waals surface area contributed by atoms with Crippen molar-refractivity contribution in [2.24, 2.45) is 5.41 Å². The first-order chi connectivity index (χ1) is 8.31. The lowest BCUT2D eigenvalue weighted by Gasteiger charge is -2.39. The summed E-state index contributed by atoms with van der Waals surface area (Å²) in [6.45, 7) is 6.88. The number of piperidine rings is 1. The molecule has 5 nitrogen and oxygen atoms in total. The van der Waals surface area contributed by atoms with Crippen LogP contribution in [0.3, 0.4) is 0 Å². The van der Waals surface area contributed by atoms with Crippen molar-refractivity contribution in [2.45, 2.75) is 46.1 Å². The van der Waals surface area contributed by atoms with Crippen molar-refractivity contribution in [3.8, 4) is 0 Å². The Morgan fingerprint density at radius 2 is 1.89 bits per heavy atom. The maximum absolute atomic E-state index is 12.2. The van der Waals surface area contributed by atoms with Gasteiger partial charge >= 0.3 is 12.0 Å². The fourth-order valence-electron chi connectivity index (χ4n) is 2.09. The summed E-state index contributed by atoms with van der Waals surface area (Å²) >= 11 is 0. The number of carbonyl (C=O) groups excluding carboxylic acids is 1. The van der Waals surface area contributed by atoms with Crippen LogP contribution in [0.25, 0.3) is 0 Å². The van der Waals surface area contributed by atoms with E-state index in [0.29, 0.717) is 25.9 Å². The molecule has 104 valence electrons. The van der Waals surface area contributed by atoms with E-state index in [9.17, 15) is 9.59 Å². The molecule has 0 aromatic heterocycles. The fourth-order valence-corrected chi connectivity index (χ4v) is 2.09. The molecule has 1 atom stereocenters. The Balaban J connectivity index is 2.58. The molecule has 1 N–H and O–H groups in total. The first kappa shape index (κ1) is 14.8. The molecule has 0 aliphatic carbocycles. The highest BCUT2D eigenvalue weighted by Crippen LogP contribution is 2.31. The largest absolute Gasteiger partial charge is 0.481 e. The summed E-state index contributed by atoms with van der Waals surface area (Å²) in [5.74, 6) is -0.759. The van der Waals surface area contributed by atoms with Gasteiger partial charge in [0.05, 0.1) is 5.41 Å². The summed E-state index contributed by atoms with van der Waals surface area (Å²) in [4.78, 5) is 26.8. The van der Waals surface area contributed by atoms with Gasteiger partial charge in [-0.15, -0.1) is 0 Å². The second-order valence-corrected chi connectivity index (χ2v) is 5.50. The molecular weight excluding hydrogens is 232 g/mol. The Morgan fingerprint density at radius 3 is 2.28 bits per heavy atom. The number of urea groups is 1. The number of rotatable bonds is 3. The van der Waals surface area contributed by atoms with E-state index < -0.39 is 11.4 Å². The van der Waals surface area contributed by atoms with Crippen LogP contribution in [0.4, 0.5) is 4.79 Å². The van der Waals surface area contributed by atoms with E-state index >= 15 is 0 Å². The SMILES string of the molecule is CCC(C)N(C)C(=O)N1CCC(C)(C(=O)O)CC1. The van der Waals surface area contributed by atoms with E-state index in [0.717, 1.165) is 6.42 Å². The van der Waals surface area contributed by atoms with E-state index in [1.807, 2.05) is 20.9 Å². The van der Waals surface area contributed by atoms with Gasteiger partial charge in [0.2, 0.25) is 0 Å². The molecule has 0 radical (unpaired) electrons. The number of nitrogens with zero attached hydrogens (tertiary/aromatic N) is 2. The smallest absolute Gasteiger partial charge is 0.319 e. The third-order valence-corrected chi connectivity index (χ3v) is 4.21. The lowest BCUT2D eigenvalue weighted by Crippen LogP contribution is -2.50. The maximum atomic E-state index is 12.2. The molecule has 0 aromatic rings. The average Bonchev–Trinajstić information content (AvgIpc) is 2.36. The number of likely N-dealkylation sites (tertiary alicyclic amines) is 1. The molecule has 0 saturated carbocycles. The van der Waals surface area contributed by atoms with E-state index in [4.69, 9.17) is 5.11 Å². The van der Waals surface area contributed by atoms with E-state index in [1.54, 1.807) is 16.7 Å². The lowest BCUT2D eigenvalue weighted by atomic mass is 9.80. The summed E-state index contributed by atoms with van der Waals surface area (Å²) in [5.41, 5.74) is -0.675. The molecule has 1 unspecified atom stereocenters. The van der Waals surface area contributed by atoms with Crippen LogP contribution >= 0.6 is 0 Å². The minimum absolute atomic E-state index is 0.0109. The predicted molar refractivity (Wildman–Crippen MR) is 69.5 cm³/mol. The van der Waals surface area contributed by atoms with Crippen LogP contribution in [0, 0.1) is 5.41 Å². The third kappa shape index (κ3) is 2.94. The summed E-state index contributed by atoms with van der Waals surface area (Å²) in [6, 6.07) is 0.224. The number of carboxylic acids is 1. The summed E-state index contributed by atoms with van der Waals surface area (Å²) in [7, 11) is 1.81. The van der Waals surface area contributed by atoms with E-state index in [-0.39, 0.29) is 12.1 Å². The highest BCUT2D eigenvalue weighted by molar-refractivity contribution is 5.77. The molecule has 5 heteroatoms. The monoisotopic (exact) mass is 256 g/mol. The zero-order valence-corrected chi connectivity index (χ0v) is 11.8. The first-order valence-electron chi connectivity index (χ1n) is 6.57. The average molecular weight is 256 g/mol. The van der Waals surface area contributed by atoms with Gasteiger partial charge in [-0.1, -0.05) is 6.92 Å². The standard InChI is InChI=1S/C13H24N2O3/c1-5-10(2)14(4)12(18)15-8-6-13(3,7-9-15)11(16)17/h10H,5-9H2,1-4H3,(H,16,17). The second kappa shape index (κ2) is 5.59. The van der Waals surface area contributed by atoms with Gasteiger partial charge in [0.1, 0.15) is 0 Å². The Bertz CT molecular complexity index is 322. The molecule has 1 heterocycles. The maximum Gasteiger partial charge on any atom is 0.319 e. The van der Waals surface area contributed by atoms with Crippen LogP contribution in [-0.2, 0) is 4.79 Å². The number of carbonyl (C=O) groups is 2. The highest BCUT2D eigenvalue weighted by atomic mass is 16.4. The zero-order valence-electron chi connectivity index (χ0n) is 11.8. The van der Waals surface area contributed by atoms with Crippen molar-refractivity contribution in [2.75, 3.05) is 20.1 Å². The van der Waals surface area contributed by atoms with Crippen molar-refractivity contribution in [1.82, 2.24) is 9.80 Å². The molecule has 0 bridgehead atoms. The van der Waals surface area contributed by atoms with Crippen molar-refractivity contribution < 1.29 is 14.7 Å². The van der Waals surface area contributed by atoms with Gasteiger partial charge in [0.15, 0.2) is 0 Å². The van der Waals surface area contributed by atoms with Gasteiger partial charge in [0.25, 0.3) is 0 Å². The predicted octanol–water partition coefficient (Wildman–Crippen LogP) is 2.02. The molecule has 1 saturated heterocycles. The van der Waals surface area contributed by atoms with Crippen LogP contribution < -0.4 is 0 Å². The minimum atomic E-state index is -0.759. The minimum Gasteiger partial charge on any atom is -0.481 e. The van der Waals surface area contributed by atoms with E-state index in [2.05, 4.69) is 0 Å². The number of amides is 2. The Hall–Kier alpha value is -1.26. The van der Waals surface area contributed by atoms with Gasteiger partial charge in [0, 0.05) is 26.2 Å². The number of hydrogen-bond donors (Lipinski definition) is 1. The normalized spacial score (nSPS) is 20.3. The molecule has 0 aromatic carbocycles. The van der Waals surface area contributed by atoms with Crippen molar-refractivity contribution in [3.63, 3.8) is 0 Å². The van der Waals surface area contributed by atoms with Crippen molar-refractivity contribution in [3.05, 3.63) is 0 Å². The van der Waals surface area contributed by atoms with Gasteiger partial charge in [-0.25, -0.2) is 4.79 Å². The van der Waals surface area contributed by atoms with Gasteiger partial charge in [-0.05, 0) is 33.1 Å². The lowest BCUT2D eigenvalue weighted by molar-refractivity contribution is -0.150. The number of aliphatic carboxylic acids is 1. The van der Waals surface area contributed by atoms with Crippen molar-refractivity contribution >= 4 is 12.0 Å². The molecule has 1 fully saturated rings. The van der Waals surface area contributed by atoms with Crippen LogP contribution in [0.1, 0.15) is 40.0 Å². The van der Waals surface area contributed by atoms with Crippen LogP contribution in [0.15, 0.2) is 0 Å². The summed E-state index contributed by atoms with van der Waals surface area (Å²) in [6.07, 6.45) is 1.98. The first-order valence-corrected chi connectivity index (χ1v) is 6.57. The summed E-state index contributed by atoms with van der Waals surface area (Å²) < 4.78 is 0. The molecule has 18 heavy (non-hydrogen) atoms. The van der Waals surface area contributed by atoms with Crippen LogP contribution in [0.5, 0.6) is 0 Å². The van der Waals surface area contributed by atoms with Gasteiger partial charge in [-0.3, -0.25) is 4.79 Å². The van der Waals surface area contributed by atoms with E-state index in [1.165, 1.54) is 0 Å². The van der Waals surface area contributed by atoms with Gasteiger partial charge < -0.3 is 14.9 Å². The Kier molecular flexibility index (Phi) is 4.59. The quantitative estimate of drug-likeness (QED) is 0.840.